The van der Waals surface area contributed by atoms with Gasteiger partial charge in [-0.15, -0.1) is 0 Å². The van der Waals surface area contributed by atoms with Crippen molar-refractivity contribution in [1.82, 2.24) is 4.90 Å². The number of benzene rings is 3. The van der Waals surface area contributed by atoms with E-state index in [9.17, 15) is 19.8 Å². The number of aromatic hydroxyl groups is 1. The van der Waals surface area contributed by atoms with Crippen LogP contribution < -0.4 is 9.47 Å². The number of hydrogen-bond donors (Lipinski definition) is 2. The average molecular weight is 518 g/mol. The molecule has 2 N–H and O–H groups in total. The van der Waals surface area contributed by atoms with Crippen LogP contribution in [0.1, 0.15) is 35.2 Å². The fraction of sp³-hybridized carbons (Fsp3) is 0.267. The lowest BCUT2D eigenvalue weighted by atomic mass is 9.95. The Labute approximate surface area is 221 Å². The highest BCUT2D eigenvalue weighted by molar-refractivity contribution is 6.46. The highest BCUT2D eigenvalue weighted by Crippen LogP contribution is 2.41. The second-order valence-corrected chi connectivity index (χ2v) is 8.95. The van der Waals surface area contributed by atoms with Gasteiger partial charge in [-0.3, -0.25) is 9.59 Å². The van der Waals surface area contributed by atoms with E-state index in [-0.39, 0.29) is 36.0 Å². The zero-order valence-corrected chi connectivity index (χ0v) is 21.6. The molecule has 0 spiro atoms. The quantitative estimate of drug-likeness (QED) is 0.227. The summed E-state index contributed by atoms with van der Waals surface area (Å²) in [6.07, 6.45) is 0. The molecule has 198 valence electrons. The van der Waals surface area contributed by atoms with E-state index in [2.05, 4.69) is 0 Å². The smallest absolute Gasteiger partial charge is 0.295 e. The van der Waals surface area contributed by atoms with Crippen molar-refractivity contribution >= 4 is 17.4 Å². The number of Topliss-reactive ketones (excluding diaryl/α,β-unsaturated/α-hetero) is 1. The van der Waals surface area contributed by atoms with Crippen molar-refractivity contribution in [1.29, 1.82) is 0 Å². The van der Waals surface area contributed by atoms with Crippen LogP contribution in [0.15, 0.2) is 72.3 Å². The van der Waals surface area contributed by atoms with E-state index in [1.54, 1.807) is 43.3 Å². The summed E-state index contributed by atoms with van der Waals surface area (Å²) in [5, 5.41) is 21.4. The van der Waals surface area contributed by atoms with Gasteiger partial charge in [0.2, 0.25) is 0 Å². The zero-order valence-electron chi connectivity index (χ0n) is 21.6. The van der Waals surface area contributed by atoms with Crippen molar-refractivity contribution < 1.29 is 34.0 Å². The lowest BCUT2D eigenvalue weighted by molar-refractivity contribution is -0.140. The number of nitrogens with zero attached hydrogens (tertiary/aromatic N) is 1. The highest BCUT2D eigenvalue weighted by atomic mass is 16.5. The Hall–Kier alpha value is -4.30. The second kappa shape index (κ2) is 11.8. The standard InChI is InChI=1S/C30H31NO7/c1-4-37-25-17-22(10-13-24(25)32)27-26(29(34)30(35)31(27)14-15-36-3)28(33)21-8-11-23(12-9-21)38-18-20-7-5-6-19(2)16-20/h5-13,16-17,27,32-33H,4,14-15,18H2,1-3H3/b28-26+/t27-/m1/s1. The Balaban J connectivity index is 1.67. The fourth-order valence-electron chi connectivity index (χ4n) is 4.45. The molecule has 1 amide bonds. The molecule has 0 unspecified atom stereocenters. The van der Waals surface area contributed by atoms with Crippen LogP contribution in [0.5, 0.6) is 17.2 Å². The Morgan fingerprint density at radius 2 is 1.76 bits per heavy atom. The third-order valence-electron chi connectivity index (χ3n) is 6.29. The number of phenolic OH excluding ortho intramolecular Hbond substituents is 1. The third kappa shape index (κ3) is 5.65. The van der Waals surface area contributed by atoms with E-state index >= 15 is 0 Å². The molecule has 3 aromatic rings. The SMILES string of the molecule is CCOc1cc([C@@H]2/C(=C(\O)c3ccc(OCc4cccc(C)c4)cc3)C(=O)C(=O)N2CCOC)ccc1O. The molecule has 1 saturated heterocycles. The molecule has 4 rings (SSSR count). The first-order chi connectivity index (χ1) is 18.3. The van der Waals surface area contributed by atoms with Crippen LogP contribution >= 0.6 is 0 Å². The predicted octanol–water partition coefficient (Wildman–Crippen LogP) is 4.75. The van der Waals surface area contributed by atoms with Crippen LogP contribution in [0.3, 0.4) is 0 Å². The summed E-state index contributed by atoms with van der Waals surface area (Å²) in [5.74, 6) is -1.08. The molecule has 0 aromatic heterocycles. The van der Waals surface area contributed by atoms with Crippen molar-refractivity contribution in [2.24, 2.45) is 0 Å². The molecule has 8 nitrogen and oxygen atoms in total. The number of rotatable bonds is 10. The number of aryl methyl sites for hydroxylation is 1. The Bertz CT molecular complexity index is 1350. The molecule has 0 radical (unpaired) electrons. The first-order valence-corrected chi connectivity index (χ1v) is 12.4. The van der Waals surface area contributed by atoms with Crippen molar-refractivity contribution in [3.05, 3.63) is 94.6 Å². The van der Waals surface area contributed by atoms with Gasteiger partial charge in [-0.05, 0) is 61.4 Å². The Morgan fingerprint density at radius 1 is 1.00 bits per heavy atom. The minimum Gasteiger partial charge on any atom is -0.507 e. The molecule has 1 atom stereocenters. The Morgan fingerprint density at radius 3 is 2.45 bits per heavy atom. The topological polar surface area (TPSA) is 106 Å². The molecule has 1 fully saturated rings. The van der Waals surface area contributed by atoms with E-state index in [1.165, 1.54) is 18.1 Å². The maximum absolute atomic E-state index is 13.2. The number of carbonyl (C=O) groups is 2. The van der Waals surface area contributed by atoms with E-state index in [0.717, 1.165) is 11.1 Å². The van der Waals surface area contributed by atoms with E-state index in [4.69, 9.17) is 14.2 Å². The molecule has 38 heavy (non-hydrogen) atoms. The van der Waals surface area contributed by atoms with Crippen LogP contribution in [0, 0.1) is 6.92 Å². The van der Waals surface area contributed by atoms with Gasteiger partial charge in [0.25, 0.3) is 11.7 Å². The number of aliphatic hydroxyl groups excluding tert-OH is 1. The van der Waals surface area contributed by atoms with Gasteiger partial charge in [0.05, 0.1) is 24.8 Å². The zero-order chi connectivity index (χ0) is 27.2. The van der Waals surface area contributed by atoms with Crippen LogP contribution in [0.2, 0.25) is 0 Å². The van der Waals surface area contributed by atoms with Crippen LogP contribution in [-0.4, -0.2) is 53.7 Å². The summed E-state index contributed by atoms with van der Waals surface area (Å²) in [6, 6.07) is 18.4. The third-order valence-corrected chi connectivity index (χ3v) is 6.29. The minimum atomic E-state index is -0.887. The van der Waals surface area contributed by atoms with Crippen molar-refractivity contribution in [3.63, 3.8) is 0 Å². The van der Waals surface area contributed by atoms with E-state index in [0.29, 0.717) is 30.1 Å². The normalized spacial score (nSPS) is 16.6. The summed E-state index contributed by atoms with van der Waals surface area (Å²) < 4.78 is 16.5. The fourth-order valence-corrected chi connectivity index (χ4v) is 4.45. The minimum absolute atomic E-state index is 0.0485. The highest BCUT2D eigenvalue weighted by Gasteiger charge is 2.46. The molecule has 0 aliphatic carbocycles. The summed E-state index contributed by atoms with van der Waals surface area (Å²) in [5.41, 5.74) is 3.01. The summed E-state index contributed by atoms with van der Waals surface area (Å²) in [4.78, 5) is 27.5. The summed E-state index contributed by atoms with van der Waals surface area (Å²) in [6.45, 7) is 4.85. The van der Waals surface area contributed by atoms with E-state index < -0.39 is 17.7 Å². The maximum atomic E-state index is 13.2. The van der Waals surface area contributed by atoms with Gasteiger partial charge in [-0.1, -0.05) is 35.9 Å². The number of likely N-dealkylation sites (tertiary alicyclic amines) is 1. The van der Waals surface area contributed by atoms with Gasteiger partial charge in [0, 0.05) is 19.2 Å². The number of ketones is 1. The van der Waals surface area contributed by atoms with Gasteiger partial charge >= 0.3 is 0 Å². The maximum Gasteiger partial charge on any atom is 0.295 e. The summed E-state index contributed by atoms with van der Waals surface area (Å²) >= 11 is 0. The lowest BCUT2D eigenvalue weighted by Crippen LogP contribution is -2.32. The van der Waals surface area contributed by atoms with E-state index in [1.807, 2.05) is 31.2 Å². The number of ether oxygens (including phenoxy) is 3. The molecule has 1 aliphatic rings. The van der Waals surface area contributed by atoms with Gasteiger partial charge in [0.1, 0.15) is 18.1 Å². The van der Waals surface area contributed by atoms with Gasteiger partial charge in [0.15, 0.2) is 11.5 Å². The second-order valence-electron chi connectivity index (χ2n) is 8.95. The number of amides is 1. The number of aliphatic hydroxyl groups is 1. The molecule has 0 bridgehead atoms. The Kier molecular flexibility index (Phi) is 8.33. The summed E-state index contributed by atoms with van der Waals surface area (Å²) in [7, 11) is 1.50. The molecular weight excluding hydrogens is 486 g/mol. The monoisotopic (exact) mass is 517 g/mol. The van der Waals surface area contributed by atoms with Crippen molar-refractivity contribution in [2.45, 2.75) is 26.5 Å². The van der Waals surface area contributed by atoms with Crippen LogP contribution in [0.4, 0.5) is 0 Å². The van der Waals surface area contributed by atoms with Gasteiger partial charge < -0.3 is 29.3 Å². The first kappa shape index (κ1) is 26.8. The molecule has 1 heterocycles. The van der Waals surface area contributed by atoms with Gasteiger partial charge in [-0.25, -0.2) is 0 Å². The largest absolute Gasteiger partial charge is 0.507 e. The number of hydrogen-bond acceptors (Lipinski definition) is 7. The van der Waals surface area contributed by atoms with Gasteiger partial charge in [-0.2, -0.15) is 0 Å². The molecule has 1 aliphatic heterocycles. The molecular formula is C30H31NO7. The average Bonchev–Trinajstić information content (AvgIpc) is 3.17. The number of carbonyl (C=O) groups excluding carboxylic acids is 2. The lowest BCUT2D eigenvalue weighted by Gasteiger charge is -2.25. The molecule has 0 saturated carbocycles. The van der Waals surface area contributed by atoms with Crippen molar-refractivity contribution in [3.8, 4) is 17.2 Å². The number of methoxy groups -OCH3 is 1. The molecule has 8 heteroatoms. The molecule has 3 aromatic carbocycles. The first-order valence-electron chi connectivity index (χ1n) is 12.4. The number of phenols is 1. The van der Waals surface area contributed by atoms with Crippen LogP contribution in [0.25, 0.3) is 5.76 Å². The predicted molar refractivity (Wildman–Crippen MR) is 142 cm³/mol. The van der Waals surface area contributed by atoms with Crippen LogP contribution in [-0.2, 0) is 20.9 Å². The van der Waals surface area contributed by atoms with Crippen molar-refractivity contribution in [2.75, 3.05) is 26.9 Å².